The lowest BCUT2D eigenvalue weighted by Gasteiger charge is -2.29. The van der Waals surface area contributed by atoms with Crippen molar-refractivity contribution >= 4 is 22.8 Å². The van der Waals surface area contributed by atoms with Crippen molar-refractivity contribution in [3.8, 4) is 0 Å². The van der Waals surface area contributed by atoms with Crippen LogP contribution in [0.15, 0.2) is 36.7 Å². The number of fused-ring (bicyclic) bond motifs is 2. The van der Waals surface area contributed by atoms with Crippen molar-refractivity contribution in [3.05, 3.63) is 42.2 Å². The average Bonchev–Trinajstić information content (AvgIpc) is 3.13. The molecule has 3 atom stereocenters. The maximum Gasteiger partial charge on any atom is 0.410 e. The van der Waals surface area contributed by atoms with Gasteiger partial charge in [-0.25, -0.2) is 4.79 Å². The molecule has 1 saturated heterocycles. The van der Waals surface area contributed by atoms with Crippen LogP contribution in [-0.2, 0) is 15.1 Å². The van der Waals surface area contributed by atoms with E-state index in [9.17, 15) is 9.59 Å². The van der Waals surface area contributed by atoms with Gasteiger partial charge in [-0.05, 0) is 51.8 Å². The fourth-order valence-electron chi connectivity index (χ4n) is 4.46. The zero-order valence-electron chi connectivity index (χ0n) is 17.7. The fraction of sp³-hybridized carbons (Fsp3) is 0.522. The highest BCUT2D eigenvalue weighted by molar-refractivity contribution is 5.88. The molecule has 1 aromatic carbocycles. The van der Waals surface area contributed by atoms with E-state index >= 15 is 0 Å². The number of nitrogens with zero attached hydrogens (tertiary/aromatic N) is 2. The van der Waals surface area contributed by atoms with Gasteiger partial charge in [-0.1, -0.05) is 24.3 Å². The lowest BCUT2D eigenvalue weighted by Crippen LogP contribution is -2.44. The van der Waals surface area contributed by atoms with E-state index in [-0.39, 0.29) is 29.8 Å². The summed E-state index contributed by atoms with van der Waals surface area (Å²) in [7, 11) is 0. The second kappa shape index (κ2) is 6.71. The van der Waals surface area contributed by atoms with Crippen molar-refractivity contribution in [2.24, 2.45) is 17.8 Å². The quantitative estimate of drug-likeness (QED) is 0.860. The summed E-state index contributed by atoms with van der Waals surface area (Å²) in [5.74, 6) is 0.477. The van der Waals surface area contributed by atoms with Gasteiger partial charge in [-0.15, -0.1) is 0 Å². The Bertz CT molecular complexity index is 946. The molecule has 0 spiro atoms. The molecule has 1 aromatic heterocycles. The number of hydrogen-bond donors (Lipinski definition) is 1. The number of benzene rings is 1. The summed E-state index contributed by atoms with van der Waals surface area (Å²) in [6, 6.07) is 8.08. The Hall–Kier alpha value is -2.63. The van der Waals surface area contributed by atoms with E-state index in [1.54, 1.807) is 4.90 Å². The smallest absolute Gasteiger partial charge is 0.410 e. The van der Waals surface area contributed by atoms with Gasteiger partial charge in [-0.3, -0.25) is 9.78 Å². The van der Waals surface area contributed by atoms with E-state index in [0.29, 0.717) is 13.1 Å². The monoisotopic (exact) mass is 395 g/mol. The van der Waals surface area contributed by atoms with Crippen molar-refractivity contribution in [2.45, 2.75) is 45.8 Å². The number of amides is 2. The third-order valence-corrected chi connectivity index (χ3v) is 5.93. The predicted molar refractivity (Wildman–Crippen MR) is 111 cm³/mol. The maximum absolute atomic E-state index is 13.0. The van der Waals surface area contributed by atoms with E-state index in [2.05, 4.69) is 16.4 Å². The van der Waals surface area contributed by atoms with Crippen LogP contribution in [0.1, 0.15) is 40.2 Å². The van der Waals surface area contributed by atoms with Gasteiger partial charge in [0.15, 0.2) is 0 Å². The average molecular weight is 396 g/mol. The first-order valence-corrected chi connectivity index (χ1v) is 10.2. The number of piperidine rings is 1. The second-order valence-corrected chi connectivity index (χ2v) is 9.76. The first-order valence-electron chi connectivity index (χ1n) is 10.2. The Morgan fingerprint density at radius 3 is 2.38 bits per heavy atom. The summed E-state index contributed by atoms with van der Waals surface area (Å²) in [4.78, 5) is 31.3. The Balaban J connectivity index is 1.41. The van der Waals surface area contributed by atoms with E-state index in [4.69, 9.17) is 4.74 Å². The topological polar surface area (TPSA) is 71.5 Å². The van der Waals surface area contributed by atoms with Gasteiger partial charge in [0.05, 0.1) is 5.54 Å². The highest BCUT2D eigenvalue weighted by Gasteiger charge is 2.61. The number of carbonyl (C=O) groups is 2. The number of pyridine rings is 1. The molecule has 6 heteroatoms. The van der Waals surface area contributed by atoms with Crippen LogP contribution >= 0.6 is 0 Å². The zero-order chi connectivity index (χ0) is 21.0. The van der Waals surface area contributed by atoms with Crippen LogP contribution in [0, 0.1) is 17.8 Å². The molecule has 1 N–H and O–H groups in total. The molecule has 4 rings (SSSR count). The first-order chi connectivity index (χ1) is 13.6. The molecule has 0 bridgehead atoms. The van der Waals surface area contributed by atoms with Crippen LogP contribution in [0.5, 0.6) is 0 Å². The normalized spacial score (nSPS) is 23.6. The van der Waals surface area contributed by atoms with Crippen molar-refractivity contribution in [1.82, 2.24) is 15.2 Å². The highest BCUT2D eigenvalue weighted by Crippen LogP contribution is 2.52. The molecule has 1 unspecified atom stereocenters. The van der Waals surface area contributed by atoms with Gasteiger partial charge >= 0.3 is 6.09 Å². The number of aromatic nitrogens is 1. The van der Waals surface area contributed by atoms with Crippen LogP contribution in [0.25, 0.3) is 10.8 Å². The number of hydrogen-bond acceptors (Lipinski definition) is 4. The number of likely N-dealkylation sites (tertiary alicyclic amines) is 1. The molecule has 1 aliphatic carbocycles. The predicted octanol–water partition coefficient (Wildman–Crippen LogP) is 3.70. The van der Waals surface area contributed by atoms with Crippen LogP contribution in [-0.4, -0.2) is 40.6 Å². The van der Waals surface area contributed by atoms with Gasteiger partial charge in [0.1, 0.15) is 5.60 Å². The van der Waals surface area contributed by atoms with Crippen LogP contribution in [0.3, 0.4) is 0 Å². The molecule has 0 radical (unpaired) electrons. The summed E-state index contributed by atoms with van der Waals surface area (Å²) < 4.78 is 5.45. The zero-order valence-corrected chi connectivity index (χ0v) is 17.7. The maximum atomic E-state index is 13.0. The largest absolute Gasteiger partial charge is 0.444 e. The first kappa shape index (κ1) is 19.7. The molecule has 2 amide bonds. The van der Waals surface area contributed by atoms with Crippen LogP contribution < -0.4 is 5.32 Å². The van der Waals surface area contributed by atoms with Crippen LogP contribution in [0.2, 0.25) is 0 Å². The molecule has 1 saturated carbocycles. The molecule has 154 valence electrons. The third kappa shape index (κ3) is 3.80. The van der Waals surface area contributed by atoms with Crippen LogP contribution in [0.4, 0.5) is 4.79 Å². The summed E-state index contributed by atoms with van der Waals surface area (Å²) in [5, 5.41) is 5.38. The SMILES string of the molecule is CC(C)(C)OC(=O)N1C[C@@H]2C(C(=O)NC(C)(C)c3cncc4ccccc34)[C@@H]2C1. The minimum absolute atomic E-state index is 0.0316. The number of nitrogens with one attached hydrogen (secondary N) is 1. The summed E-state index contributed by atoms with van der Waals surface area (Å²) in [6.45, 7) is 10.8. The Morgan fingerprint density at radius 1 is 1.07 bits per heavy atom. The highest BCUT2D eigenvalue weighted by atomic mass is 16.6. The molecule has 6 nitrogen and oxygen atoms in total. The minimum atomic E-state index is -0.535. The number of carbonyl (C=O) groups excluding carboxylic acids is 2. The molecular weight excluding hydrogens is 366 g/mol. The molecule has 2 aliphatic rings. The van der Waals surface area contributed by atoms with Crippen molar-refractivity contribution in [1.29, 1.82) is 0 Å². The van der Waals surface area contributed by atoms with E-state index in [1.165, 1.54) is 0 Å². The molecule has 29 heavy (non-hydrogen) atoms. The van der Waals surface area contributed by atoms with E-state index < -0.39 is 11.1 Å². The van der Waals surface area contributed by atoms with Gasteiger partial charge in [0.2, 0.25) is 5.91 Å². The minimum Gasteiger partial charge on any atom is -0.444 e. The molecule has 2 fully saturated rings. The van der Waals surface area contributed by atoms with E-state index in [0.717, 1.165) is 16.3 Å². The van der Waals surface area contributed by atoms with Crippen molar-refractivity contribution in [2.75, 3.05) is 13.1 Å². The second-order valence-electron chi connectivity index (χ2n) is 9.76. The Kier molecular flexibility index (Phi) is 4.56. The summed E-state index contributed by atoms with van der Waals surface area (Å²) in [5.41, 5.74) is -0.0331. The fourth-order valence-corrected chi connectivity index (χ4v) is 4.46. The Labute approximate surface area is 171 Å². The number of rotatable bonds is 3. The number of ether oxygens (including phenoxy) is 1. The van der Waals surface area contributed by atoms with Gasteiger partial charge in [-0.2, -0.15) is 0 Å². The lowest BCUT2D eigenvalue weighted by atomic mass is 9.91. The van der Waals surface area contributed by atoms with Gasteiger partial charge in [0.25, 0.3) is 0 Å². The molecule has 1 aliphatic heterocycles. The third-order valence-electron chi connectivity index (χ3n) is 5.93. The molecule has 2 aromatic rings. The van der Waals surface area contributed by atoms with Gasteiger partial charge in [0, 0.05) is 42.4 Å². The van der Waals surface area contributed by atoms with E-state index in [1.807, 2.05) is 65.2 Å². The summed E-state index contributed by atoms with van der Waals surface area (Å²) >= 11 is 0. The molecular formula is C23H29N3O3. The van der Waals surface area contributed by atoms with Gasteiger partial charge < -0.3 is 15.0 Å². The lowest BCUT2D eigenvalue weighted by molar-refractivity contribution is -0.125. The Morgan fingerprint density at radius 2 is 1.72 bits per heavy atom. The summed E-state index contributed by atoms with van der Waals surface area (Å²) in [6.07, 6.45) is 3.39. The molecule has 2 heterocycles. The van der Waals surface area contributed by atoms with Crippen molar-refractivity contribution < 1.29 is 14.3 Å². The van der Waals surface area contributed by atoms with Crippen molar-refractivity contribution in [3.63, 3.8) is 0 Å². The standard InChI is InChI=1S/C23H29N3O3/c1-22(2,3)29-21(28)26-12-16-17(13-26)19(16)20(27)25-23(4,5)18-11-24-10-14-8-6-7-9-15(14)18/h6-11,16-17,19H,12-13H2,1-5H3,(H,25,27)/t16-,17+,19?.